The Hall–Kier alpha value is -1.16. The number of hydrogen-bond donors (Lipinski definition) is 1. The fourth-order valence-corrected chi connectivity index (χ4v) is 1.50. The van der Waals surface area contributed by atoms with Crippen molar-refractivity contribution in [2.75, 3.05) is 13.7 Å². The van der Waals surface area contributed by atoms with Crippen LogP contribution in [0.3, 0.4) is 0 Å². The molecule has 0 fully saturated rings. The van der Waals surface area contributed by atoms with E-state index >= 15 is 0 Å². The topological polar surface area (TPSA) is 21.3 Å². The van der Waals surface area contributed by atoms with Gasteiger partial charge in [-0.25, -0.2) is 8.78 Å². The minimum atomic E-state index is -0.608. The maximum Gasteiger partial charge on any atom is 0.129 e. The van der Waals surface area contributed by atoms with Gasteiger partial charge in [-0.15, -0.1) is 0 Å². The van der Waals surface area contributed by atoms with Gasteiger partial charge in [0.2, 0.25) is 0 Å². The molecule has 0 amide bonds. The average molecular weight is 243 g/mol. The van der Waals surface area contributed by atoms with Gasteiger partial charge in [0.25, 0.3) is 0 Å². The van der Waals surface area contributed by atoms with Crippen molar-refractivity contribution in [2.24, 2.45) is 0 Å². The molecule has 1 aromatic carbocycles. The Morgan fingerprint density at radius 3 is 2.41 bits per heavy atom. The molecule has 0 saturated heterocycles. The molecule has 0 aliphatic rings. The van der Waals surface area contributed by atoms with Crippen molar-refractivity contribution >= 4 is 0 Å². The monoisotopic (exact) mass is 243 g/mol. The van der Waals surface area contributed by atoms with Crippen LogP contribution in [0.5, 0.6) is 5.75 Å². The lowest BCUT2D eigenvalue weighted by Crippen LogP contribution is -2.20. The number of unbranched alkanes of at least 4 members (excludes halogenated alkanes) is 1. The molecule has 1 aromatic rings. The summed E-state index contributed by atoms with van der Waals surface area (Å²) in [5.41, 5.74) is 0. The lowest BCUT2D eigenvalue weighted by Gasteiger charge is -2.10. The van der Waals surface area contributed by atoms with Crippen molar-refractivity contribution in [1.82, 2.24) is 5.32 Å². The summed E-state index contributed by atoms with van der Waals surface area (Å²) in [6.07, 6.45) is 2.97. The van der Waals surface area contributed by atoms with Gasteiger partial charge in [-0.3, -0.25) is 0 Å². The van der Waals surface area contributed by atoms with E-state index in [-0.39, 0.29) is 5.75 Å². The fourth-order valence-electron chi connectivity index (χ4n) is 1.50. The first-order valence-electron chi connectivity index (χ1n) is 5.88. The van der Waals surface area contributed by atoms with E-state index in [1.807, 2.05) is 7.05 Å². The summed E-state index contributed by atoms with van der Waals surface area (Å²) in [7, 11) is 1.93. The molecule has 0 heterocycles. The van der Waals surface area contributed by atoms with Gasteiger partial charge in [-0.05, 0) is 33.2 Å². The van der Waals surface area contributed by atoms with Gasteiger partial charge in [0.15, 0.2) is 0 Å². The summed E-state index contributed by atoms with van der Waals surface area (Å²) < 4.78 is 30.9. The van der Waals surface area contributed by atoms with Gasteiger partial charge >= 0.3 is 0 Å². The number of ether oxygens (including phenoxy) is 1. The Bertz CT molecular complexity index is 324. The molecule has 96 valence electrons. The normalized spacial score (nSPS) is 12.5. The zero-order valence-corrected chi connectivity index (χ0v) is 10.3. The number of hydrogen-bond acceptors (Lipinski definition) is 2. The molecule has 1 rings (SSSR count). The third-order valence-corrected chi connectivity index (χ3v) is 2.63. The third kappa shape index (κ3) is 5.63. The Labute approximate surface area is 101 Å². The van der Waals surface area contributed by atoms with Crippen LogP contribution in [-0.4, -0.2) is 19.7 Å². The highest BCUT2D eigenvalue weighted by atomic mass is 19.1. The minimum absolute atomic E-state index is 0.254. The second-order valence-corrected chi connectivity index (χ2v) is 4.14. The molecule has 0 aliphatic heterocycles. The zero-order chi connectivity index (χ0) is 12.7. The predicted molar refractivity (Wildman–Crippen MR) is 64.2 cm³/mol. The van der Waals surface area contributed by atoms with Crippen LogP contribution in [-0.2, 0) is 0 Å². The summed E-state index contributed by atoms with van der Waals surface area (Å²) in [6, 6.07) is 3.71. The van der Waals surface area contributed by atoms with Crippen LogP contribution in [0.25, 0.3) is 0 Å². The van der Waals surface area contributed by atoms with Crippen molar-refractivity contribution in [2.45, 2.75) is 32.2 Å². The van der Waals surface area contributed by atoms with Gasteiger partial charge in [0.05, 0.1) is 6.61 Å². The zero-order valence-electron chi connectivity index (χ0n) is 10.3. The molecule has 4 heteroatoms. The molecule has 1 N–H and O–H groups in total. The lowest BCUT2D eigenvalue weighted by molar-refractivity contribution is 0.299. The molecule has 0 aromatic heterocycles. The SMILES string of the molecule is CNC(C)CCCCOc1cc(F)cc(F)c1. The Kier molecular flexibility index (Phi) is 5.91. The third-order valence-electron chi connectivity index (χ3n) is 2.63. The van der Waals surface area contributed by atoms with Crippen molar-refractivity contribution in [3.05, 3.63) is 29.8 Å². The minimum Gasteiger partial charge on any atom is -0.493 e. The van der Waals surface area contributed by atoms with Crippen molar-refractivity contribution in [3.8, 4) is 5.75 Å². The molecule has 1 unspecified atom stereocenters. The van der Waals surface area contributed by atoms with Crippen molar-refractivity contribution in [1.29, 1.82) is 0 Å². The molecule has 0 saturated carbocycles. The fraction of sp³-hybridized carbons (Fsp3) is 0.538. The van der Waals surface area contributed by atoms with Crippen LogP contribution < -0.4 is 10.1 Å². The highest BCUT2D eigenvalue weighted by molar-refractivity contribution is 5.23. The molecule has 0 radical (unpaired) electrons. The maximum atomic E-state index is 12.8. The van der Waals surface area contributed by atoms with E-state index in [9.17, 15) is 8.78 Å². The number of benzene rings is 1. The number of halogens is 2. The summed E-state index contributed by atoms with van der Waals surface area (Å²) in [5, 5.41) is 3.15. The smallest absolute Gasteiger partial charge is 0.129 e. The highest BCUT2D eigenvalue weighted by Crippen LogP contribution is 2.15. The molecule has 0 aliphatic carbocycles. The first kappa shape index (κ1) is 13.9. The van der Waals surface area contributed by atoms with Crippen LogP contribution in [0, 0.1) is 11.6 Å². The summed E-state index contributed by atoms with van der Waals surface area (Å²) in [5.74, 6) is -0.961. The summed E-state index contributed by atoms with van der Waals surface area (Å²) >= 11 is 0. The van der Waals surface area contributed by atoms with Crippen LogP contribution in [0.4, 0.5) is 8.78 Å². The molecule has 2 nitrogen and oxygen atoms in total. The first-order chi connectivity index (χ1) is 8.11. The number of nitrogens with one attached hydrogen (secondary N) is 1. The van der Waals surface area contributed by atoms with E-state index in [0.29, 0.717) is 12.6 Å². The average Bonchev–Trinajstić information content (AvgIpc) is 2.27. The second-order valence-electron chi connectivity index (χ2n) is 4.14. The van der Waals surface area contributed by atoms with E-state index in [2.05, 4.69) is 12.2 Å². The highest BCUT2D eigenvalue weighted by Gasteiger charge is 2.02. The van der Waals surface area contributed by atoms with E-state index in [1.165, 1.54) is 12.1 Å². The predicted octanol–water partition coefficient (Wildman–Crippen LogP) is 3.12. The molecular weight excluding hydrogens is 224 g/mol. The van der Waals surface area contributed by atoms with Crippen LogP contribution in [0.2, 0.25) is 0 Å². The second kappa shape index (κ2) is 7.22. The van der Waals surface area contributed by atoms with Crippen LogP contribution in [0.1, 0.15) is 26.2 Å². The lowest BCUT2D eigenvalue weighted by atomic mass is 10.1. The van der Waals surface area contributed by atoms with Gasteiger partial charge in [0.1, 0.15) is 17.4 Å². The van der Waals surface area contributed by atoms with E-state index in [1.54, 1.807) is 0 Å². The van der Waals surface area contributed by atoms with E-state index in [4.69, 9.17) is 4.74 Å². The summed E-state index contributed by atoms with van der Waals surface area (Å²) in [6.45, 7) is 2.60. The Balaban J connectivity index is 2.22. The summed E-state index contributed by atoms with van der Waals surface area (Å²) in [4.78, 5) is 0. The van der Waals surface area contributed by atoms with E-state index in [0.717, 1.165) is 25.3 Å². The van der Waals surface area contributed by atoms with Crippen molar-refractivity contribution in [3.63, 3.8) is 0 Å². The van der Waals surface area contributed by atoms with Crippen LogP contribution >= 0.6 is 0 Å². The van der Waals surface area contributed by atoms with Crippen LogP contribution in [0.15, 0.2) is 18.2 Å². The van der Waals surface area contributed by atoms with Gasteiger partial charge in [0, 0.05) is 24.2 Å². The Morgan fingerprint density at radius 1 is 1.18 bits per heavy atom. The number of rotatable bonds is 7. The molecule has 17 heavy (non-hydrogen) atoms. The van der Waals surface area contributed by atoms with Gasteiger partial charge in [-0.2, -0.15) is 0 Å². The molecule has 0 bridgehead atoms. The Morgan fingerprint density at radius 2 is 1.82 bits per heavy atom. The molecule has 0 spiro atoms. The van der Waals surface area contributed by atoms with E-state index < -0.39 is 11.6 Å². The molecule has 1 atom stereocenters. The van der Waals surface area contributed by atoms with Gasteiger partial charge < -0.3 is 10.1 Å². The first-order valence-corrected chi connectivity index (χ1v) is 5.88. The largest absolute Gasteiger partial charge is 0.493 e. The van der Waals surface area contributed by atoms with Gasteiger partial charge in [-0.1, -0.05) is 0 Å². The quantitative estimate of drug-likeness (QED) is 0.743. The standard InChI is InChI=1S/C13H19F2NO/c1-10(16-2)5-3-4-6-17-13-8-11(14)7-12(15)9-13/h7-10,16H,3-6H2,1-2H3. The van der Waals surface area contributed by atoms with Crippen molar-refractivity contribution < 1.29 is 13.5 Å². The molecular formula is C13H19F2NO. The maximum absolute atomic E-state index is 12.8.